The molecule has 0 N–H and O–H groups in total. The second-order valence-corrected chi connectivity index (χ2v) is 7.28. The molecule has 0 radical (unpaired) electrons. The molecule has 3 heterocycles. The highest BCUT2D eigenvalue weighted by Gasteiger charge is 2.31. The number of carbonyl (C=O) groups excluding carboxylic acids is 1. The van der Waals surface area contributed by atoms with E-state index in [4.69, 9.17) is 4.74 Å². The lowest BCUT2D eigenvalue weighted by Gasteiger charge is -2.27. The van der Waals surface area contributed by atoms with Crippen LogP contribution in [0.25, 0.3) is 10.1 Å². The van der Waals surface area contributed by atoms with E-state index in [1.807, 2.05) is 0 Å². The van der Waals surface area contributed by atoms with Crippen LogP contribution in [0, 0.1) is 0 Å². The third-order valence-corrected chi connectivity index (χ3v) is 5.57. The molecule has 1 aliphatic rings. The van der Waals surface area contributed by atoms with Crippen molar-refractivity contribution in [3.8, 4) is 5.88 Å². The summed E-state index contributed by atoms with van der Waals surface area (Å²) in [5.74, 6) is 0.177. The number of amides is 1. The third-order valence-electron chi connectivity index (χ3n) is 4.47. The monoisotopic (exact) mass is 393 g/mol. The summed E-state index contributed by atoms with van der Waals surface area (Å²) in [4.78, 5) is 14.9. The molecule has 4 rings (SSSR count). The smallest absolute Gasteiger partial charge is 0.416 e. The van der Waals surface area contributed by atoms with E-state index in [0.29, 0.717) is 40.4 Å². The summed E-state index contributed by atoms with van der Waals surface area (Å²) in [6, 6.07) is 6.80. The third kappa shape index (κ3) is 3.34. The van der Waals surface area contributed by atoms with Crippen LogP contribution in [0.4, 0.5) is 13.2 Å². The summed E-state index contributed by atoms with van der Waals surface area (Å²) in [6.45, 7) is 0.844. The Hall–Kier alpha value is -2.68. The SMILES string of the molecule is COc1cc2c(nn1)CCN(C(=O)c1cc3cc(C(F)(F)F)ccc3s1)C2. The van der Waals surface area contributed by atoms with Crippen molar-refractivity contribution in [1.82, 2.24) is 15.1 Å². The van der Waals surface area contributed by atoms with Gasteiger partial charge in [-0.1, -0.05) is 0 Å². The predicted molar refractivity (Wildman–Crippen MR) is 93.9 cm³/mol. The number of carbonyl (C=O) groups is 1. The van der Waals surface area contributed by atoms with Gasteiger partial charge in [-0.25, -0.2) is 0 Å². The fourth-order valence-corrected chi connectivity index (χ4v) is 4.07. The number of ether oxygens (including phenoxy) is 1. The summed E-state index contributed by atoms with van der Waals surface area (Å²) < 4.78 is 44.4. The number of hydrogen-bond acceptors (Lipinski definition) is 5. The molecule has 0 atom stereocenters. The fraction of sp³-hybridized carbons (Fsp3) is 0.278. The molecule has 1 aromatic carbocycles. The number of alkyl halides is 3. The molecule has 9 heteroatoms. The zero-order chi connectivity index (χ0) is 19.2. The molecule has 2 aromatic heterocycles. The summed E-state index contributed by atoms with van der Waals surface area (Å²) in [5.41, 5.74) is 0.970. The van der Waals surface area contributed by atoms with Gasteiger partial charge < -0.3 is 9.64 Å². The number of benzene rings is 1. The van der Waals surface area contributed by atoms with Crippen molar-refractivity contribution >= 4 is 27.3 Å². The van der Waals surface area contributed by atoms with Crippen LogP contribution in [0.1, 0.15) is 26.5 Å². The Labute approximate surface area is 156 Å². The van der Waals surface area contributed by atoms with E-state index < -0.39 is 11.7 Å². The maximum Gasteiger partial charge on any atom is 0.416 e. The Morgan fingerprint density at radius 1 is 1.22 bits per heavy atom. The molecular weight excluding hydrogens is 379 g/mol. The number of rotatable bonds is 2. The number of halogens is 3. The van der Waals surface area contributed by atoms with Crippen LogP contribution >= 0.6 is 11.3 Å². The van der Waals surface area contributed by atoms with Crippen molar-refractivity contribution in [1.29, 1.82) is 0 Å². The van der Waals surface area contributed by atoms with E-state index in [-0.39, 0.29) is 5.91 Å². The summed E-state index contributed by atoms with van der Waals surface area (Å²) in [7, 11) is 1.49. The van der Waals surface area contributed by atoms with E-state index >= 15 is 0 Å². The van der Waals surface area contributed by atoms with Gasteiger partial charge in [-0.15, -0.1) is 16.4 Å². The van der Waals surface area contributed by atoms with Crippen LogP contribution in [-0.4, -0.2) is 34.7 Å². The van der Waals surface area contributed by atoms with Crippen molar-refractivity contribution in [3.05, 3.63) is 52.0 Å². The average molecular weight is 393 g/mol. The Bertz CT molecular complexity index is 1030. The molecule has 0 bridgehead atoms. The van der Waals surface area contributed by atoms with E-state index in [1.165, 1.54) is 30.6 Å². The minimum Gasteiger partial charge on any atom is -0.480 e. The number of nitrogens with zero attached hydrogens (tertiary/aromatic N) is 3. The highest BCUT2D eigenvalue weighted by atomic mass is 32.1. The molecule has 3 aromatic rings. The topological polar surface area (TPSA) is 55.3 Å². The van der Waals surface area contributed by atoms with Gasteiger partial charge in [-0.05, 0) is 29.7 Å². The molecule has 1 aliphatic heterocycles. The molecule has 1 amide bonds. The molecule has 0 saturated carbocycles. The molecule has 0 aliphatic carbocycles. The van der Waals surface area contributed by atoms with E-state index in [1.54, 1.807) is 11.0 Å². The van der Waals surface area contributed by atoms with Gasteiger partial charge >= 0.3 is 6.18 Å². The first kappa shape index (κ1) is 17.7. The summed E-state index contributed by atoms with van der Waals surface area (Å²) in [5, 5.41) is 8.46. The van der Waals surface area contributed by atoms with Crippen molar-refractivity contribution in [3.63, 3.8) is 0 Å². The lowest BCUT2D eigenvalue weighted by atomic mass is 10.1. The zero-order valence-corrected chi connectivity index (χ0v) is 15.0. The zero-order valence-electron chi connectivity index (χ0n) is 14.2. The Kier molecular flexibility index (Phi) is 4.26. The molecule has 0 saturated heterocycles. The number of aromatic nitrogens is 2. The van der Waals surface area contributed by atoms with Gasteiger partial charge in [-0.2, -0.15) is 18.3 Å². The minimum absolute atomic E-state index is 0.203. The standard InChI is InChI=1S/C18H14F3N3O2S/c1-26-16-8-11-9-24(5-4-13(11)22-23-16)17(25)15-7-10-6-12(18(19,20)21)2-3-14(10)27-15/h2-3,6-8H,4-5,9H2,1H3. The van der Waals surface area contributed by atoms with Crippen molar-refractivity contribution < 1.29 is 22.7 Å². The van der Waals surface area contributed by atoms with Crippen LogP contribution in [0.3, 0.4) is 0 Å². The average Bonchev–Trinajstić information content (AvgIpc) is 3.09. The normalized spacial score (nSPS) is 14.3. The van der Waals surface area contributed by atoms with E-state index in [9.17, 15) is 18.0 Å². The lowest BCUT2D eigenvalue weighted by molar-refractivity contribution is -0.137. The van der Waals surface area contributed by atoms with Gasteiger partial charge in [0.1, 0.15) is 0 Å². The fourth-order valence-electron chi connectivity index (χ4n) is 3.06. The maximum atomic E-state index is 12.9. The van der Waals surface area contributed by atoms with Gasteiger partial charge in [0.2, 0.25) is 5.88 Å². The largest absolute Gasteiger partial charge is 0.480 e. The number of methoxy groups -OCH3 is 1. The Morgan fingerprint density at radius 3 is 2.78 bits per heavy atom. The quantitative estimate of drug-likeness (QED) is 0.662. The minimum atomic E-state index is -4.41. The van der Waals surface area contributed by atoms with Crippen LogP contribution in [0.15, 0.2) is 30.3 Å². The predicted octanol–water partition coefficient (Wildman–Crippen LogP) is 3.92. The van der Waals surface area contributed by atoms with Crippen molar-refractivity contribution in [2.75, 3.05) is 13.7 Å². The second-order valence-electron chi connectivity index (χ2n) is 6.20. The first-order valence-electron chi connectivity index (χ1n) is 8.14. The summed E-state index contributed by atoms with van der Waals surface area (Å²) in [6.07, 6.45) is -3.84. The van der Waals surface area contributed by atoms with Gasteiger partial charge in [0, 0.05) is 35.8 Å². The van der Waals surface area contributed by atoms with Gasteiger partial charge in [-0.3, -0.25) is 4.79 Å². The molecule has 5 nitrogen and oxygen atoms in total. The van der Waals surface area contributed by atoms with Gasteiger partial charge in [0.05, 0.1) is 23.2 Å². The maximum absolute atomic E-state index is 12.9. The molecule has 0 fully saturated rings. The van der Waals surface area contributed by atoms with Gasteiger partial charge in [0.25, 0.3) is 5.91 Å². The van der Waals surface area contributed by atoms with Crippen molar-refractivity contribution in [2.45, 2.75) is 19.1 Å². The van der Waals surface area contributed by atoms with Crippen LogP contribution in [0.5, 0.6) is 5.88 Å². The Balaban J connectivity index is 1.61. The highest BCUT2D eigenvalue weighted by molar-refractivity contribution is 7.20. The number of thiophene rings is 1. The first-order valence-corrected chi connectivity index (χ1v) is 8.96. The van der Waals surface area contributed by atoms with Gasteiger partial charge in [0.15, 0.2) is 0 Å². The lowest BCUT2D eigenvalue weighted by Crippen LogP contribution is -2.36. The van der Waals surface area contributed by atoms with E-state index in [2.05, 4.69) is 10.2 Å². The van der Waals surface area contributed by atoms with Crippen LogP contribution < -0.4 is 4.74 Å². The number of fused-ring (bicyclic) bond motifs is 2. The van der Waals surface area contributed by atoms with E-state index in [0.717, 1.165) is 23.4 Å². The first-order chi connectivity index (χ1) is 12.8. The van der Waals surface area contributed by atoms with Crippen LogP contribution in [-0.2, 0) is 19.1 Å². The molecule has 27 heavy (non-hydrogen) atoms. The molecule has 140 valence electrons. The van der Waals surface area contributed by atoms with Crippen molar-refractivity contribution in [2.24, 2.45) is 0 Å². The molecule has 0 spiro atoms. The Morgan fingerprint density at radius 2 is 2.04 bits per heavy atom. The molecule has 0 unspecified atom stereocenters. The highest BCUT2D eigenvalue weighted by Crippen LogP contribution is 2.35. The van der Waals surface area contributed by atoms with Crippen LogP contribution in [0.2, 0.25) is 0 Å². The molecular formula is C18H14F3N3O2S. The second kappa shape index (κ2) is 6.49. The summed E-state index contributed by atoms with van der Waals surface area (Å²) >= 11 is 1.20. The number of hydrogen-bond donors (Lipinski definition) is 0.